The molecule has 0 saturated carbocycles. The Bertz CT molecular complexity index is 858. The fraction of sp³-hybridized carbons (Fsp3) is 0.143. The number of Topliss-reactive ketones (excluding diaryl/α,β-unsaturated/α-hetero) is 2. The molecule has 0 atom stereocenters. The van der Waals surface area contributed by atoms with Gasteiger partial charge in [0.15, 0.2) is 5.78 Å². The minimum absolute atomic E-state index is 0.182. The van der Waals surface area contributed by atoms with E-state index >= 15 is 0 Å². The van der Waals surface area contributed by atoms with E-state index in [-0.39, 0.29) is 4.88 Å². The van der Waals surface area contributed by atoms with Crippen LogP contribution in [0.5, 0.6) is 0 Å². The fourth-order valence-electron chi connectivity index (χ4n) is 2.03. The molecule has 21 heavy (non-hydrogen) atoms. The Kier molecular flexibility index (Phi) is 3.33. The van der Waals surface area contributed by atoms with Crippen molar-refractivity contribution in [2.24, 2.45) is 0 Å². The van der Waals surface area contributed by atoms with Gasteiger partial charge in [-0.2, -0.15) is 13.2 Å². The molecule has 0 amide bonds. The second-order valence-electron chi connectivity index (χ2n) is 4.44. The van der Waals surface area contributed by atoms with Gasteiger partial charge in [-0.25, -0.2) is 0 Å². The molecule has 2 heterocycles. The molecule has 0 aliphatic heterocycles. The van der Waals surface area contributed by atoms with Crippen molar-refractivity contribution in [1.82, 2.24) is 0 Å². The summed E-state index contributed by atoms with van der Waals surface area (Å²) in [4.78, 5) is 22.9. The van der Waals surface area contributed by atoms with Gasteiger partial charge in [0.1, 0.15) is 0 Å². The Labute approximate surface area is 124 Å². The van der Waals surface area contributed by atoms with Crippen LogP contribution in [-0.4, -0.2) is 17.7 Å². The average Bonchev–Trinajstić information content (AvgIpc) is 3.02. The number of hydrogen-bond acceptors (Lipinski definition) is 4. The van der Waals surface area contributed by atoms with Crippen molar-refractivity contribution in [3.63, 3.8) is 0 Å². The molecule has 0 saturated heterocycles. The maximum atomic E-state index is 12.2. The van der Waals surface area contributed by atoms with Crippen LogP contribution in [0.3, 0.4) is 0 Å². The lowest BCUT2D eigenvalue weighted by Gasteiger charge is -2.02. The van der Waals surface area contributed by atoms with Gasteiger partial charge in [0.2, 0.25) is 5.78 Å². The topological polar surface area (TPSA) is 34.1 Å². The zero-order valence-electron chi connectivity index (χ0n) is 10.4. The molecule has 2 nitrogen and oxygen atoms in total. The molecule has 1 aromatic carbocycles. The molecule has 0 aliphatic carbocycles. The summed E-state index contributed by atoms with van der Waals surface area (Å²) in [5.41, 5.74) is 0. The van der Waals surface area contributed by atoms with Gasteiger partial charge < -0.3 is 0 Å². The van der Waals surface area contributed by atoms with Crippen LogP contribution in [0, 0.1) is 0 Å². The highest BCUT2D eigenvalue weighted by Gasteiger charge is 2.39. The van der Waals surface area contributed by atoms with E-state index < -0.39 is 24.2 Å². The maximum Gasteiger partial charge on any atom is 0.450 e. The van der Waals surface area contributed by atoms with Gasteiger partial charge in [-0.05, 0) is 29.6 Å². The quantitative estimate of drug-likeness (QED) is 0.510. The summed E-state index contributed by atoms with van der Waals surface area (Å²) in [7, 11) is 0. The number of hydrogen-bond donors (Lipinski definition) is 0. The molecule has 0 fully saturated rings. The van der Waals surface area contributed by atoms with Crippen molar-refractivity contribution in [3.05, 3.63) is 34.5 Å². The van der Waals surface area contributed by atoms with Crippen molar-refractivity contribution in [1.29, 1.82) is 0 Å². The lowest BCUT2D eigenvalue weighted by molar-refractivity contribution is -0.170. The van der Waals surface area contributed by atoms with Crippen molar-refractivity contribution in [3.8, 4) is 0 Å². The molecule has 2 aromatic heterocycles. The van der Waals surface area contributed by atoms with Crippen molar-refractivity contribution < 1.29 is 22.8 Å². The Morgan fingerprint density at radius 2 is 1.76 bits per heavy atom. The van der Waals surface area contributed by atoms with Crippen molar-refractivity contribution in [2.75, 3.05) is 0 Å². The Morgan fingerprint density at radius 1 is 1.05 bits per heavy atom. The molecule has 0 spiro atoms. The van der Waals surface area contributed by atoms with Crippen LogP contribution in [0.25, 0.3) is 20.2 Å². The van der Waals surface area contributed by atoms with Crippen LogP contribution in [0.15, 0.2) is 29.6 Å². The fourth-order valence-corrected chi connectivity index (χ4v) is 3.85. The van der Waals surface area contributed by atoms with E-state index in [0.717, 1.165) is 31.5 Å². The summed E-state index contributed by atoms with van der Waals surface area (Å²) in [5.74, 6) is -2.80. The second-order valence-corrected chi connectivity index (χ2v) is 6.47. The summed E-state index contributed by atoms with van der Waals surface area (Å²) in [6, 6.07) is 7.22. The molecule has 0 unspecified atom stereocenters. The third kappa shape index (κ3) is 2.58. The lowest BCUT2D eigenvalue weighted by Crippen LogP contribution is -2.25. The van der Waals surface area contributed by atoms with E-state index in [1.807, 2.05) is 23.6 Å². The average molecular weight is 328 g/mol. The van der Waals surface area contributed by atoms with Gasteiger partial charge in [0, 0.05) is 20.2 Å². The first-order valence-corrected chi connectivity index (χ1v) is 7.59. The lowest BCUT2D eigenvalue weighted by atomic mass is 10.1. The van der Waals surface area contributed by atoms with Crippen LogP contribution >= 0.6 is 22.7 Å². The number of ketones is 2. The van der Waals surface area contributed by atoms with Gasteiger partial charge in [-0.1, -0.05) is 0 Å². The van der Waals surface area contributed by atoms with E-state index in [1.54, 1.807) is 17.4 Å². The highest BCUT2D eigenvalue weighted by molar-refractivity contribution is 7.21. The second kappa shape index (κ2) is 4.92. The number of alkyl halides is 3. The van der Waals surface area contributed by atoms with Crippen LogP contribution < -0.4 is 0 Å². The molecule has 7 heteroatoms. The zero-order chi connectivity index (χ0) is 15.2. The minimum atomic E-state index is -4.97. The third-order valence-corrected chi connectivity index (χ3v) is 5.07. The number of halogens is 3. The van der Waals surface area contributed by atoms with E-state index in [2.05, 4.69) is 0 Å². The third-order valence-electron chi connectivity index (χ3n) is 3.04. The van der Waals surface area contributed by atoms with E-state index in [9.17, 15) is 22.8 Å². The normalized spacial score (nSPS) is 12.1. The standard InChI is InChI=1S/C14H7F3O2S2/c15-14(16,17)13(19)6-9(18)12-5-8-7-3-4-20-10(7)1-2-11(8)21-12/h1-5H,6H2. The number of carbonyl (C=O) groups excluding carboxylic acids is 2. The van der Waals surface area contributed by atoms with E-state index in [0.29, 0.717) is 0 Å². The SMILES string of the molecule is O=C(CC(=O)C(F)(F)F)c1cc2c(ccc3sccc32)s1. The first-order valence-electron chi connectivity index (χ1n) is 5.89. The number of rotatable bonds is 3. The minimum Gasteiger partial charge on any atom is -0.293 e. The molecular weight excluding hydrogens is 321 g/mol. The molecule has 0 N–H and O–H groups in total. The molecule has 0 aliphatic rings. The van der Waals surface area contributed by atoms with Crippen LogP contribution in [-0.2, 0) is 4.79 Å². The first kappa shape index (κ1) is 14.2. The van der Waals surface area contributed by atoms with E-state index in [4.69, 9.17) is 0 Å². The van der Waals surface area contributed by atoms with Crippen LogP contribution in [0.4, 0.5) is 13.2 Å². The van der Waals surface area contributed by atoms with Crippen LogP contribution in [0.2, 0.25) is 0 Å². The Morgan fingerprint density at radius 3 is 2.48 bits per heavy atom. The number of fused-ring (bicyclic) bond motifs is 3. The predicted octanol–water partition coefficient (Wildman–Crippen LogP) is 4.82. The van der Waals surface area contributed by atoms with Crippen molar-refractivity contribution in [2.45, 2.75) is 12.6 Å². The molecule has 0 bridgehead atoms. The highest BCUT2D eigenvalue weighted by atomic mass is 32.1. The summed E-state index contributed by atoms with van der Waals surface area (Å²) >= 11 is 2.66. The smallest absolute Gasteiger partial charge is 0.293 e. The van der Waals surface area contributed by atoms with Gasteiger partial charge in [0.25, 0.3) is 0 Å². The maximum absolute atomic E-state index is 12.2. The Hall–Kier alpha value is -1.73. The Balaban J connectivity index is 1.97. The van der Waals surface area contributed by atoms with Gasteiger partial charge >= 0.3 is 6.18 Å². The van der Waals surface area contributed by atoms with Crippen molar-refractivity contribution >= 4 is 54.4 Å². The molecule has 3 rings (SSSR count). The molecule has 3 aromatic rings. The first-order chi connectivity index (χ1) is 9.86. The number of carbonyl (C=O) groups is 2. The highest BCUT2D eigenvalue weighted by Crippen LogP contribution is 2.35. The predicted molar refractivity (Wildman–Crippen MR) is 77.2 cm³/mol. The molecule has 108 valence electrons. The van der Waals surface area contributed by atoms with Crippen LogP contribution in [0.1, 0.15) is 16.1 Å². The van der Waals surface area contributed by atoms with E-state index in [1.165, 1.54) is 0 Å². The van der Waals surface area contributed by atoms with Gasteiger partial charge in [-0.15, -0.1) is 22.7 Å². The summed E-state index contributed by atoms with van der Waals surface area (Å²) in [6.45, 7) is 0. The zero-order valence-corrected chi connectivity index (χ0v) is 12.0. The summed E-state index contributed by atoms with van der Waals surface area (Å²) in [5, 5.41) is 3.72. The largest absolute Gasteiger partial charge is 0.450 e. The monoisotopic (exact) mass is 328 g/mol. The number of benzene rings is 1. The molecule has 0 radical (unpaired) electrons. The summed E-state index contributed by atoms with van der Waals surface area (Å²) in [6.07, 6.45) is -6.10. The number of thiophene rings is 2. The molecular formula is C14H7F3O2S2. The van der Waals surface area contributed by atoms with Gasteiger partial charge in [0.05, 0.1) is 11.3 Å². The van der Waals surface area contributed by atoms with Gasteiger partial charge in [-0.3, -0.25) is 9.59 Å². The summed E-state index contributed by atoms with van der Waals surface area (Å²) < 4.78 is 38.5.